The second kappa shape index (κ2) is 7.85. The van der Waals surface area contributed by atoms with Gasteiger partial charge < -0.3 is 14.4 Å². The second-order valence-corrected chi connectivity index (χ2v) is 9.11. The van der Waals surface area contributed by atoms with Crippen LogP contribution >= 0.6 is 0 Å². The van der Waals surface area contributed by atoms with Crippen molar-refractivity contribution in [3.05, 3.63) is 29.6 Å². The molecule has 1 fully saturated rings. The van der Waals surface area contributed by atoms with E-state index in [-0.39, 0.29) is 17.3 Å². The first-order valence-electron chi connectivity index (χ1n) is 9.36. The van der Waals surface area contributed by atoms with Crippen molar-refractivity contribution in [2.45, 2.75) is 65.4 Å². The summed E-state index contributed by atoms with van der Waals surface area (Å²) in [5.74, 6) is 0.882. The molecule has 0 atom stereocenters. The molecule has 5 heteroatoms. The molecular formula is C21H32FNO3. The summed E-state index contributed by atoms with van der Waals surface area (Å²) < 4.78 is 25.1. The molecule has 4 nitrogen and oxygen atoms in total. The van der Waals surface area contributed by atoms with Gasteiger partial charge in [-0.3, -0.25) is 0 Å². The highest BCUT2D eigenvalue weighted by molar-refractivity contribution is 5.68. The van der Waals surface area contributed by atoms with E-state index in [2.05, 4.69) is 0 Å². The summed E-state index contributed by atoms with van der Waals surface area (Å²) in [6, 6.07) is 4.71. The zero-order valence-corrected chi connectivity index (χ0v) is 16.9. The number of carbonyl (C=O) groups excluding carboxylic acids is 1. The molecule has 0 aliphatic carbocycles. The molecule has 1 aliphatic heterocycles. The zero-order valence-electron chi connectivity index (χ0n) is 16.9. The van der Waals surface area contributed by atoms with E-state index >= 15 is 0 Å². The van der Waals surface area contributed by atoms with Gasteiger partial charge in [0, 0.05) is 18.7 Å². The van der Waals surface area contributed by atoms with Gasteiger partial charge in [0.15, 0.2) is 0 Å². The number of carbonyl (C=O) groups is 1. The van der Waals surface area contributed by atoms with Crippen molar-refractivity contribution in [1.82, 2.24) is 4.90 Å². The highest BCUT2D eigenvalue weighted by atomic mass is 19.1. The highest BCUT2D eigenvalue weighted by Gasteiger charge is 2.27. The van der Waals surface area contributed by atoms with E-state index in [0.717, 1.165) is 24.2 Å². The summed E-state index contributed by atoms with van der Waals surface area (Å²) >= 11 is 0. The molecule has 1 amide bonds. The average molecular weight is 365 g/mol. The van der Waals surface area contributed by atoms with Crippen molar-refractivity contribution in [3.8, 4) is 5.75 Å². The minimum absolute atomic E-state index is 0.183. The average Bonchev–Trinajstić information content (AvgIpc) is 2.51. The number of hydrogen-bond donors (Lipinski definition) is 0. The molecule has 0 N–H and O–H groups in total. The summed E-state index contributed by atoms with van der Waals surface area (Å²) in [6.07, 6.45) is 1.52. The molecule has 1 heterocycles. The lowest BCUT2D eigenvalue weighted by molar-refractivity contribution is 0.0164. The lowest BCUT2D eigenvalue weighted by atomic mass is 9.86. The summed E-state index contributed by atoms with van der Waals surface area (Å²) in [7, 11) is 0. The van der Waals surface area contributed by atoms with Crippen molar-refractivity contribution in [2.75, 3.05) is 19.7 Å². The van der Waals surface area contributed by atoms with Gasteiger partial charge in [-0.25, -0.2) is 9.18 Å². The van der Waals surface area contributed by atoms with E-state index in [1.807, 2.05) is 41.5 Å². The van der Waals surface area contributed by atoms with Gasteiger partial charge in [-0.1, -0.05) is 20.8 Å². The van der Waals surface area contributed by atoms with Crippen LogP contribution in [0.1, 0.15) is 59.9 Å². The molecular weight excluding hydrogens is 333 g/mol. The van der Waals surface area contributed by atoms with Crippen LogP contribution in [-0.2, 0) is 10.2 Å². The highest BCUT2D eigenvalue weighted by Crippen LogP contribution is 2.32. The van der Waals surface area contributed by atoms with E-state index < -0.39 is 5.60 Å². The number of ether oxygens (including phenoxy) is 2. The lowest BCUT2D eigenvalue weighted by Gasteiger charge is -2.33. The standard InChI is InChI=1S/C21H32FNO3/c1-20(2,3)17-13-16(22)7-8-18(17)25-14-15-9-11-23(12-10-15)19(24)26-21(4,5)6/h7-8,13,15H,9-12,14H2,1-6H3. The molecule has 0 spiro atoms. The molecule has 1 aromatic rings. The SMILES string of the molecule is CC(C)(C)OC(=O)N1CCC(COc2ccc(F)cc2C(C)(C)C)CC1. The monoisotopic (exact) mass is 365 g/mol. The Bertz CT molecular complexity index is 623. The summed E-state index contributed by atoms with van der Waals surface area (Å²) in [4.78, 5) is 13.9. The van der Waals surface area contributed by atoms with E-state index in [9.17, 15) is 9.18 Å². The predicted molar refractivity (Wildman–Crippen MR) is 101 cm³/mol. The van der Waals surface area contributed by atoms with Crippen molar-refractivity contribution in [2.24, 2.45) is 5.92 Å². The Balaban J connectivity index is 1.89. The number of halogens is 1. The number of hydrogen-bond acceptors (Lipinski definition) is 3. The van der Waals surface area contributed by atoms with Gasteiger partial charge in [0.2, 0.25) is 0 Å². The number of likely N-dealkylation sites (tertiary alicyclic amines) is 1. The molecule has 2 rings (SSSR count). The first-order valence-corrected chi connectivity index (χ1v) is 9.36. The molecule has 0 radical (unpaired) electrons. The summed E-state index contributed by atoms with van der Waals surface area (Å²) in [5.41, 5.74) is 0.226. The molecule has 146 valence electrons. The van der Waals surface area contributed by atoms with Crippen LogP contribution in [0.4, 0.5) is 9.18 Å². The Morgan fingerprint density at radius 3 is 2.31 bits per heavy atom. The Hall–Kier alpha value is -1.78. The Labute approximate surface area is 156 Å². The Morgan fingerprint density at radius 2 is 1.77 bits per heavy atom. The molecule has 0 bridgehead atoms. The van der Waals surface area contributed by atoms with Gasteiger partial charge in [0.25, 0.3) is 0 Å². The molecule has 0 unspecified atom stereocenters. The maximum atomic E-state index is 13.6. The number of nitrogens with zero attached hydrogens (tertiary/aromatic N) is 1. The van der Waals surface area contributed by atoms with Crippen molar-refractivity contribution < 1.29 is 18.7 Å². The maximum Gasteiger partial charge on any atom is 0.410 e. The predicted octanol–water partition coefficient (Wildman–Crippen LogP) is 5.15. The van der Waals surface area contributed by atoms with Crippen LogP contribution in [0.5, 0.6) is 5.75 Å². The molecule has 0 aromatic heterocycles. The van der Waals surface area contributed by atoms with Gasteiger partial charge in [-0.2, -0.15) is 0 Å². The fourth-order valence-electron chi connectivity index (χ4n) is 3.03. The van der Waals surface area contributed by atoms with Crippen molar-refractivity contribution in [1.29, 1.82) is 0 Å². The number of amides is 1. The van der Waals surface area contributed by atoms with Gasteiger partial charge in [-0.15, -0.1) is 0 Å². The van der Waals surface area contributed by atoms with E-state index in [4.69, 9.17) is 9.47 Å². The van der Waals surface area contributed by atoms with Crippen molar-refractivity contribution >= 4 is 6.09 Å². The third-order valence-corrected chi connectivity index (χ3v) is 4.49. The van der Waals surface area contributed by atoms with Crippen LogP contribution in [-0.4, -0.2) is 36.3 Å². The van der Waals surface area contributed by atoms with Crippen LogP contribution in [0, 0.1) is 11.7 Å². The van der Waals surface area contributed by atoms with Gasteiger partial charge in [-0.05, 0) is 63.1 Å². The fourth-order valence-corrected chi connectivity index (χ4v) is 3.03. The van der Waals surface area contributed by atoms with Crippen LogP contribution in [0.3, 0.4) is 0 Å². The minimum atomic E-state index is -0.469. The maximum absolute atomic E-state index is 13.6. The second-order valence-electron chi connectivity index (χ2n) is 9.11. The lowest BCUT2D eigenvalue weighted by Crippen LogP contribution is -2.42. The van der Waals surface area contributed by atoms with Crippen molar-refractivity contribution in [3.63, 3.8) is 0 Å². The third kappa shape index (κ3) is 5.89. The largest absolute Gasteiger partial charge is 0.493 e. The van der Waals surface area contributed by atoms with Crippen LogP contribution in [0.25, 0.3) is 0 Å². The first-order chi connectivity index (χ1) is 12.0. The summed E-state index contributed by atoms with van der Waals surface area (Å²) in [5, 5.41) is 0. The molecule has 0 saturated carbocycles. The van der Waals surface area contributed by atoms with E-state index in [1.165, 1.54) is 6.07 Å². The van der Waals surface area contributed by atoms with Crippen LogP contribution in [0.2, 0.25) is 0 Å². The van der Waals surface area contributed by atoms with Gasteiger partial charge >= 0.3 is 6.09 Å². The third-order valence-electron chi connectivity index (χ3n) is 4.49. The molecule has 1 aliphatic rings. The topological polar surface area (TPSA) is 38.8 Å². The van der Waals surface area contributed by atoms with Crippen LogP contribution in [0.15, 0.2) is 18.2 Å². The quantitative estimate of drug-likeness (QED) is 0.744. The van der Waals surface area contributed by atoms with Gasteiger partial charge in [0.05, 0.1) is 6.61 Å². The van der Waals surface area contributed by atoms with Crippen LogP contribution < -0.4 is 4.74 Å². The normalized spacial score (nSPS) is 16.5. The number of benzene rings is 1. The smallest absolute Gasteiger partial charge is 0.410 e. The first kappa shape index (κ1) is 20.5. The Kier molecular flexibility index (Phi) is 6.20. The summed E-state index contributed by atoms with van der Waals surface area (Å²) in [6.45, 7) is 13.7. The van der Waals surface area contributed by atoms with E-state index in [0.29, 0.717) is 25.6 Å². The molecule has 1 saturated heterocycles. The zero-order chi connectivity index (χ0) is 19.5. The number of rotatable bonds is 3. The minimum Gasteiger partial charge on any atom is -0.493 e. The van der Waals surface area contributed by atoms with Gasteiger partial charge in [0.1, 0.15) is 17.2 Å². The Morgan fingerprint density at radius 1 is 1.15 bits per heavy atom. The fraction of sp³-hybridized carbons (Fsp3) is 0.667. The molecule has 26 heavy (non-hydrogen) atoms. The van der Waals surface area contributed by atoms with E-state index in [1.54, 1.807) is 17.0 Å². The molecule has 1 aromatic carbocycles. The number of piperidine rings is 1.